The molecule has 4 nitrogen and oxygen atoms in total. The molecule has 0 aliphatic carbocycles. The number of thiocarbonyl (C=S) groups is 1. The van der Waals surface area contributed by atoms with Gasteiger partial charge >= 0.3 is 0 Å². The number of nitrogens with zero attached hydrogens (tertiary/aromatic N) is 1. The lowest BCUT2D eigenvalue weighted by Gasteiger charge is -2.26. The normalized spacial score (nSPS) is 11.0. The zero-order chi connectivity index (χ0) is 21.3. The average Bonchev–Trinajstić information content (AvgIpc) is 2.76. The van der Waals surface area contributed by atoms with Crippen molar-refractivity contribution in [2.75, 3.05) is 18.1 Å². The summed E-state index contributed by atoms with van der Waals surface area (Å²) in [5, 5.41) is 14.5. The summed E-state index contributed by atoms with van der Waals surface area (Å²) in [5.41, 5.74) is 3.07. The van der Waals surface area contributed by atoms with Gasteiger partial charge in [0.25, 0.3) is 0 Å². The maximum atomic E-state index is 12.5. The Hall–Kier alpha value is -3.02. The second-order valence-electron chi connectivity index (χ2n) is 7.12. The van der Waals surface area contributed by atoms with Gasteiger partial charge in [-0.25, -0.2) is 0 Å². The fourth-order valence-corrected chi connectivity index (χ4v) is 3.51. The number of hydrogen-bond donors (Lipinski definition) is 2. The Kier molecular flexibility index (Phi) is 7.71. The third-order valence-electron chi connectivity index (χ3n) is 4.83. The van der Waals surface area contributed by atoms with Crippen molar-refractivity contribution in [3.63, 3.8) is 0 Å². The van der Waals surface area contributed by atoms with Crippen LogP contribution in [-0.4, -0.2) is 29.3 Å². The van der Waals surface area contributed by atoms with Crippen molar-refractivity contribution >= 4 is 45.8 Å². The number of carbonyl (C=O) groups excluding carboxylic acids is 1. The molecule has 3 rings (SSSR count). The molecule has 0 saturated carbocycles. The van der Waals surface area contributed by atoms with E-state index in [0.717, 1.165) is 28.4 Å². The number of fused-ring (bicyclic) bond motifs is 1. The van der Waals surface area contributed by atoms with E-state index in [-0.39, 0.29) is 12.5 Å². The van der Waals surface area contributed by atoms with E-state index in [1.54, 1.807) is 6.08 Å². The lowest BCUT2D eigenvalue weighted by atomic mass is 10.1. The number of aliphatic hydroxyl groups excluding tert-OH is 1. The summed E-state index contributed by atoms with van der Waals surface area (Å²) in [4.78, 5) is 14.4. The van der Waals surface area contributed by atoms with Crippen LogP contribution in [-0.2, 0) is 4.79 Å². The maximum absolute atomic E-state index is 12.5. The van der Waals surface area contributed by atoms with Gasteiger partial charge in [0, 0.05) is 24.6 Å². The van der Waals surface area contributed by atoms with Gasteiger partial charge in [-0.3, -0.25) is 10.1 Å². The molecule has 0 unspecified atom stereocenters. The number of aliphatic hydroxyl groups is 1. The zero-order valence-corrected chi connectivity index (χ0v) is 17.9. The molecule has 30 heavy (non-hydrogen) atoms. The molecule has 2 N–H and O–H groups in total. The highest BCUT2D eigenvalue weighted by molar-refractivity contribution is 7.80. The standard InChI is InChI=1S/C25H26N2O2S/c1-19-11-13-20(14-12-19)15-16-24(29)26-25(30)27(17-4-5-18-28)23-10-6-8-21-7-2-3-9-22(21)23/h2-3,6-16,28H,4-5,17-18H2,1H3,(H,26,29,30). The largest absolute Gasteiger partial charge is 0.396 e. The number of aryl methyl sites for hydroxylation is 1. The Balaban J connectivity index is 1.78. The van der Waals surface area contributed by atoms with Crippen LogP contribution >= 0.6 is 12.2 Å². The average molecular weight is 419 g/mol. The topological polar surface area (TPSA) is 52.6 Å². The number of rotatable bonds is 7. The van der Waals surface area contributed by atoms with Crippen LogP contribution in [0.4, 0.5) is 5.69 Å². The molecular weight excluding hydrogens is 392 g/mol. The maximum Gasteiger partial charge on any atom is 0.250 e. The highest BCUT2D eigenvalue weighted by Crippen LogP contribution is 2.27. The number of amides is 1. The summed E-state index contributed by atoms with van der Waals surface area (Å²) in [6.07, 6.45) is 4.69. The minimum atomic E-state index is -0.270. The van der Waals surface area contributed by atoms with E-state index in [1.165, 1.54) is 11.6 Å². The first-order valence-electron chi connectivity index (χ1n) is 10.0. The Morgan fingerprint density at radius 2 is 1.77 bits per heavy atom. The lowest BCUT2D eigenvalue weighted by molar-refractivity contribution is -0.115. The molecule has 3 aromatic carbocycles. The summed E-state index contributed by atoms with van der Waals surface area (Å²) in [5.74, 6) is -0.270. The van der Waals surface area contributed by atoms with Gasteiger partial charge in [-0.1, -0.05) is 66.2 Å². The number of anilines is 1. The van der Waals surface area contributed by atoms with Gasteiger partial charge in [-0.2, -0.15) is 0 Å². The van der Waals surface area contributed by atoms with E-state index in [0.29, 0.717) is 18.1 Å². The molecule has 5 heteroatoms. The smallest absolute Gasteiger partial charge is 0.250 e. The summed E-state index contributed by atoms with van der Waals surface area (Å²) >= 11 is 5.59. The monoisotopic (exact) mass is 418 g/mol. The molecule has 0 atom stereocenters. The van der Waals surface area contributed by atoms with Gasteiger partial charge in [-0.15, -0.1) is 0 Å². The SMILES string of the molecule is Cc1ccc(C=CC(=O)NC(=S)N(CCCCO)c2cccc3ccccc23)cc1. The predicted octanol–water partition coefficient (Wildman–Crippen LogP) is 4.84. The molecule has 0 spiro atoms. The molecule has 0 bridgehead atoms. The van der Waals surface area contributed by atoms with Gasteiger partial charge in [-0.05, 0) is 55.1 Å². The van der Waals surface area contributed by atoms with Gasteiger partial charge in [0.05, 0.1) is 5.69 Å². The predicted molar refractivity (Wildman–Crippen MR) is 129 cm³/mol. The number of carbonyl (C=O) groups is 1. The van der Waals surface area contributed by atoms with Gasteiger partial charge in [0.2, 0.25) is 5.91 Å². The van der Waals surface area contributed by atoms with Crippen molar-refractivity contribution in [1.29, 1.82) is 0 Å². The fourth-order valence-electron chi connectivity index (χ4n) is 3.22. The quantitative estimate of drug-likeness (QED) is 0.327. The lowest BCUT2D eigenvalue weighted by Crippen LogP contribution is -2.43. The molecule has 0 radical (unpaired) electrons. The van der Waals surface area contributed by atoms with Crippen LogP contribution in [0.1, 0.15) is 24.0 Å². The first-order chi connectivity index (χ1) is 14.6. The summed E-state index contributed by atoms with van der Waals surface area (Å²) in [6, 6.07) is 22.1. The summed E-state index contributed by atoms with van der Waals surface area (Å²) in [7, 11) is 0. The summed E-state index contributed by atoms with van der Waals surface area (Å²) < 4.78 is 0. The zero-order valence-electron chi connectivity index (χ0n) is 17.0. The summed E-state index contributed by atoms with van der Waals surface area (Å²) in [6.45, 7) is 2.76. The number of benzene rings is 3. The Morgan fingerprint density at radius 3 is 2.53 bits per heavy atom. The molecule has 0 fully saturated rings. The van der Waals surface area contributed by atoms with Crippen molar-refractivity contribution in [1.82, 2.24) is 5.32 Å². The number of hydrogen-bond acceptors (Lipinski definition) is 3. The van der Waals surface area contributed by atoms with Crippen molar-refractivity contribution in [3.05, 3.63) is 83.9 Å². The molecule has 3 aromatic rings. The van der Waals surface area contributed by atoms with Crippen LogP contribution in [0, 0.1) is 6.92 Å². The molecular formula is C25H26N2O2S. The van der Waals surface area contributed by atoms with Crippen molar-refractivity contribution in [2.24, 2.45) is 0 Å². The Morgan fingerprint density at radius 1 is 1.03 bits per heavy atom. The third kappa shape index (κ3) is 5.75. The van der Waals surface area contributed by atoms with E-state index in [2.05, 4.69) is 17.4 Å². The number of nitrogens with one attached hydrogen (secondary N) is 1. The Bertz CT molecular complexity index is 1040. The minimum Gasteiger partial charge on any atom is -0.396 e. The fraction of sp³-hybridized carbons (Fsp3) is 0.200. The first kappa shape index (κ1) is 21.7. The van der Waals surface area contributed by atoms with E-state index < -0.39 is 0 Å². The van der Waals surface area contributed by atoms with E-state index >= 15 is 0 Å². The highest BCUT2D eigenvalue weighted by atomic mass is 32.1. The van der Waals surface area contributed by atoms with Crippen LogP contribution in [0.15, 0.2) is 72.8 Å². The molecule has 0 aromatic heterocycles. The Labute approximate surface area is 182 Å². The van der Waals surface area contributed by atoms with Gasteiger partial charge < -0.3 is 10.0 Å². The van der Waals surface area contributed by atoms with Crippen molar-refractivity contribution in [3.8, 4) is 0 Å². The molecule has 0 aliphatic rings. The van der Waals surface area contributed by atoms with Gasteiger partial charge in [0.15, 0.2) is 5.11 Å². The van der Waals surface area contributed by atoms with Crippen molar-refractivity contribution < 1.29 is 9.90 Å². The van der Waals surface area contributed by atoms with Crippen LogP contribution < -0.4 is 10.2 Å². The molecule has 0 saturated heterocycles. The molecule has 0 heterocycles. The second-order valence-corrected chi connectivity index (χ2v) is 7.51. The molecule has 0 aliphatic heterocycles. The second kappa shape index (κ2) is 10.7. The third-order valence-corrected chi connectivity index (χ3v) is 5.15. The highest BCUT2D eigenvalue weighted by Gasteiger charge is 2.16. The molecule has 154 valence electrons. The van der Waals surface area contributed by atoms with E-state index in [1.807, 2.05) is 66.4 Å². The minimum absolute atomic E-state index is 0.127. The van der Waals surface area contributed by atoms with Crippen LogP contribution in [0.3, 0.4) is 0 Å². The van der Waals surface area contributed by atoms with E-state index in [9.17, 15) is 9.90 Å². The van der Waals surface area contributed by atoms with Crippen LogP contribution in [0.25, 0.3) is 16.8 Å². The molecule has 1 amide bonds. The first-order valence-corrected chi connectivity index (χ1v) is 10.4. The van der Waals surface area contributed by atoms with Crippen LogP contribution in [0.2, 0.25) is 0 Å². The number of unbranched alkanes of at least 4 members (excludes halogenated alkanes) is 1. The van der Waals surface area contributed by atoms with E-state index in [4.69, 9.17) is 12.2 Å². The van der Waals surface area contributed by atoms with Gasteiger partial charge in [0.1, 0.15) is 0 Å². The van der Waals surface area contributed by atoms with Crippen molar-refractivity contribution in [2.45, 2.75) is 19.8 Å². The van der Waals surface area contributed by atoms with Crippen LogP contribution in [0.5, 0.6) is 0 Å².